The van der Waals surface area contributed by atoms with Crippen molar-refractivity contribution in [3.63, 3.8) is 0 Å². The van der Waals surface area contributed by atoms with Crippen LogP contribution in [0.15, 0.2) is 0 Å². The van der Waals surface area contributed by atoms with E-state index in [9.17, 15) is 0 Å². The van der Waals surface area contributed by atoms with Crippen LogP contribution < -0.4 is 0 Å². The molecule has 0 aliphatic heterocycles. The Kier molecular flexibility index (Phi) is 31.8. The Balaban J connectivity index is 3.04. The lowest BCUT2D eigenvalue weighted by Crippen LogP contribution is -2.37. The van der Waals surface area contributed by atoms with Crippen molar-refractivity contribution in [2.24, 2.45) is 0 Å². The highest BCUT2D eigenvalue weighted by molar-refractivity contribution is 7.80. The molecule has 0 aromatic heterocycles. The van der Waals surface area contributed by atoms with Crippen molar-refractivity contribution in [1.29, 1.82) is 0 Å². The summed E-state index contributed by atoms with van der Waals surface area (Å²) in [5, 5.41) is 0. The van der Waals surface area contributed by atoms with E-state index in [-0.39, 0.29) is 0 Å². The van der Waals surface area contributed by atoms with Crippen molar-refractivity contribution in [2.45, 2.75) is 122 Å². The standard InChI is InChI=1S/C32H67NO4S/c1-33(2,3)23-25-35-27-29-37-31-30-36-28-26-34-24-21-19-17-15-13-11-9-7-5-4-6-8-10-12-14-16-18-20-22-32-38/h4-32H2,1-3H3/p+1. The third kappa shape index (κ3) is 36.1. The summed E-state index contributed by atoms with van der Waals surface area (Å²) in [5.41, 5.74) is 0. The van der Waals surface area contributed by atoms with Gasteiger partial charge in [-0.15, -0.1) is 0 Å². The maximum Gasteiger partial charge on any atom is 0.102 e. The van der Waals surface area contributed by atoms with Gasteiger partial charge in [-0.25, -0.2) is 0 Å². The van der Waals surface area contributed by atoms with E-state index in [0.29, 0.717) is 39.6 Å². The van der Waals surface area contributed by atoms with Crippen LogP contribution in [0.4, 0.5) is 0 Å². The molecule has 0 aromatic rings. The van der Waals surface area contributed by atoms with Crippen molar-refractivity contribution in [3.05, 3.63) is 0 Å². The molecule has 0 amide bonds. The van der Waals surface area contributed by atoms with Crippen LogP contribution in [0.1, 0.15) is 122 Å². The molecule has 0 heterocycles. The van der Waals surface area contributed by atoms with Gasteiger partial charge >= 0.3 is 0 Å². The van der Waals surface area contributed by atoms with Gasteiger partial charge in [-0.1, -0.05) is 109 Å². The Morgan fingerprint density at radius 1 is 0.342 bits per heavy atom. The van der Waals surface area contributed by atoms with Crippen LogP contribution in [-0.4, -0.2) is 90.8 Å². The van der Waals surface area contributed by atoms with Crippen molar-refractivity contribution in [2.75, 3.05) is 86.3 Å². The monoisotopic (exact) mass is 562 g/mol. The minimum Gasteiger partial charge on any atom is -0.379 e. The summed E-state index contributed by atoms with van der Waals surface area (Å²) in [7, 11) is 6.51. The van der Waals surface area contributed by atoms with E-state index in [2.05, 4.69) is 33.8 Å². The predicted octanol–water partition coefficient (Wildman–Crippen LogP) is 8.10. The zero-order valence-electron chi connectivity index (χ0n) is 26.0. The summed E-state index contributed by atoms with van der Waals surface area (Å²) in [6.07, 6.45) is 26.6. The maximum atomic E-state index is 5.68. The first kappa shape index (κ1) is 38.1. The van der Waals surface area contributed by atoms with Crippen LogP contribution >= 0.6 is 12.6 Å². The molecule has 0 unspecified atom stereocenters. The molecule has 0 rings (SSSR count). The number of nitrogens with zero attached hydrogens (tertiary/aromatic N) is 1. The minimum absolute atomic E-state index is 0.622. The summed E-state index contributed by atoms with van der Waals surface area (Å²) in [4.78, 5) is 0. The number of thiol groups is 1. The molecule has 0 N–H and O–H groups in total. The van der Waals surface area contributed by atoms with Gasteiger partial charge in [-0.3, -0.25) is 0 Å². The molecule has 38 heavy (non-hydrogen) atoms. The molecule has 0 aliphatic rings. The van der Waals surface area contributed by atoms with Crippen LogP contribution in [0.5, 0.6) is 0 Å². The maximum absolute atomic E-state index is 5.68. The summed E-state index contributed by atoms with van der Waals surface area (Å²) in [6.45, 7) is 6.53. The summed E-state index contributed by atoms with van der Waals surface area (Å²) < 4.78 is 23.3. The molecule has 0 spiro atoms. The highest BCUT2D eigenvalue weighted by Gasteiger charge is 2.05. The van der Waals surface area contributed by atoms with Gasteiger partial charge in [0, 0.05) is 6.61 Å². The largest absolute Gasteiger partial charge is 0.379 e. The van der Waals surface area contributed by atoms with E-state index in [4.69, 9.17) is 18.9 Å². The molecule has 0 atom stereocenters. The van der Waals surface area contributed by atoms with Crippen molar-refractivity contribution in [3.8, 4) is 0 Å². The molecule has 0 aromatic carbocycles. The van der Waals surface area contributed by atoms with Gasteiger partial charge < -0.3 is 23.4 Å². The average Bonchev–Trinajstić information content (AvgIpc) is 2.88. The number of likely N-dealkylation sites (N-methyl/N-ethyl adjacent to an activating group) is 1. The van der Waals surface area contributed by atoms with E-state index in [1.807, 2.05) is 0 Å². The van der Waals surface area contributed by atoms with Crippen molar-refractivity contribution in [1.82, 2.24) is 0 Å². The highest BCUT2D eigenvalue weighted by atomic mass is 32.1. The molecule has 6 heteroatoms. The van der Waals surface area contributed by atoms with Crippen molar-refractivity contribution < 1.29 is 23.4 Å². The molecular weight excluding hydrogens is 494 g/mol. The van der Waals surface area contributed by atoms with Gasteiger partial charge in [0.2, 0.25) is 0 Å². The van der Waals surface area contributed by atoms with Crippen molar-refractivity contribution >= 4 is 12.6 Å². The predicted molar refractivity (Wildman–Crippen MR) is 168 cm³/mol. The van der Waals surface area contributed by atoms with Crippen LogP contribution in [-0.2, 0) is 18.9 Å². The van der Waals surface area contributed by atoms with Gasteiger partial charge in [0.05, 0.1) is 67.4 Å². The molecule has 0 saturated heterocycles. The zero-order valence-corrected chi connectivity index (χ0v) is 26.9. The number of rotatable bonds is 33. The van der Waals surface area contributed by atoms with Crippen LogP contribution in [0, 0.1) is 0 Å². The lowest BCUT2D eigenvalue weighted by atomic mass is 10.0. The lowest BCUT2D eigenvalue weighted by Gasteiger charge is -2.23. The fraction of sp³-hybridized carbons (Fsp3) is 1.00. The molecule has 5 nitrogen and oxygen atoms in total. The molecule has 0 aliphatic carbocycles. The molecule has 0 bridgehead atoms. The molecule has 0 radical (unpaired) electrons. The fourth-order valence-corrected chi connectivity index (χ4v) is 4.64. The second kappa shape index (κ2) is 31.7. The third-order valence-electron chi connectivity index (χ3n) is 6.97. The topological polar surface area (TPSA) is 36.9 Å². The fourth-order valence-electron chi connectivity index (χ4n) is 4.42. The number of hydrogen-bond acceptors (Lipinski definition) is 5. The van der Waals surface area contributed by atoms with Gasteiger partial charge in [-0.2, -0.15) is 12.6 Å². The van der Waals surface area contributed by atoms with E-state index in [0.717, 1.165) is 30.0 Å². The first-order valence-corrected chi connectivity index (χ1v) is 16.9. The highest BCUT2D eigenvalue weighted by Crippen LogP contribution is 2.14. The average molecular weight is 563 g/mol. The number of quaternary nitrogens is 1. The quantitative estimate of drug-likeness (QED) is 0.0498. The first-order valence-electron chi connectivity index (χ1n) is 16.3. The Morgan fingerprint density at radius 3 is 0.921 bits per heavy atom. The Morgan fingerprint density at radius 2 is 0.605 bits per heavy atom. The Labute approximate surface area is 244 Å². The van der Waals surface area contributed by atoms with E-state index in [1.165, 1.54) is 122 Å². The molecular formula is C32H68NO4S+. The second-order valence-corrected chi connectivity index (χ2v) is 12.4. The Hall–Kier alpha value is 0.150. The normalized spacial score (nSPS) is 12.0. The lowest BCUT2D eigenvalue weighted by molar-refractivity contribution is -0.870. The zero-order chi connectivity index (χ0) is 27.8. The Bertz CT molecular complexity index is 434. The van der Waals surface area contributed by atoms with Gasteiger partial charge in [0.25, 0.3) is 0 Å². The summed E-state index contributed by atoms with van der Waals surface area (Å²) >= 11 is 4.28. The van der Waals surface area contributed by atoms with Crippen LogP contribution in [0.25, 0.3) is 0 Å². The SMILES string of the molecule is C[N+](C)(C)CCOCCOCCOCCOCCCCCCCCCCCCCCCCCCCCCS. The van der Waals surface area contributed by atoms with Gasteiger partial charge in [-0.05, 0) is 18.6 Å². The summed E-state index contributed by atoms with van der Waals surface area (Å²) in [6, 6.07) is 0. The van der Waals surface area contributed by atoms with E-state index in [1.54, 1.807) is 0 Å². The van der Waals surface area contributed by atoms with Crippen LogP contribution in [0.2, 0.25) is 0 Å². The molecule has 0 fully saturated rings. The number of unbranched alkanes of at least 4 members (excludes halogenated alkanes) is 18. The van der Waals surface area contributed by atoms with Gasteiger partial charge in [0.1, 0.15) is 6.54 Å². The van der Waals surface area contributed by atoms with E-state index < -0.39 is 0 Å². The van der Waals surface area contributed by atoms with E-state index >= 15 is 0 Å². The number of ether oxygens (including phenoxy) is 4. The minimum atomic E-state index is 0.622. The second-order valence-electron chi connectivity index (χ2n) is 11.9. The van der Waals surface area contributed by atoms with Gasteiger partial charge in [0.15, 0.2) is 0 Å². The summed E-state index contributed by atoms with van der Waals surface area (Å²) in [5.74, 6) is 1.06. The smallest absolute Gasteiger partial charge is 0.102 e. The third-order valence-corrected chi connectivity index (χ3v) is 7.29. The molecule has 0 saturated carbocycles. The molecule has 230 valence electrons. The van der Waals surface area contributed by atoms with Crippen LogP contribution in [0.3, 0.4) is 0 Å². The first-order chi connectivity index (χ1) is 18.6. The number of hydrogen-bond donors (Lipinski definition) is 1.